The molecule has 0 aliphatic carbocycles. The van der Waals surface area contributed by atoms with Crippen LogP contribution in [0.5, 0.6) is 5.88 Å². The van der Waals surface area contributed by atoms with Gasteiger partial charge in [0, 0.05) is 6.07 Å². The van der Waals surface area contributed by atoms with Crippen LogP contribution in [0.25, 0.3) is 0 Å². The van der Waals surface area contributed by atoms with Crippen molar-refractivity contribution in [1.82, 2.24) is 9.97 Å². The average molecular weight is 225 g/mol. The van der Waals surface area contributed by atoms with Crippen LogP contribution in [0.1, 0.15) is 13.8 Å². The standard InChI is InChI=1S/C10H15N3O3/c1-4-16-9-5-8(11-6-12-9)13-7(2)10(14)15-3/h5-7H,4H2,1-3H3,(H,11,12,13). The van der Waals surface area contributed by atoms with Crippen LogP contribution in [0.15, 0.2) is 12.4 Å². The van der Waals surface area contributed by atoms with Crippen LogP contribution in [0.4, 0.5) is 5.82 Å². The summed E-state index contributed by atoms with van der Waals surface area (Å²) in [6, 6.07) is 1.16. The van der Waals surface area contributed by atoms with Crippen molar-refractivity contribution in [2.24, 2.45) is 0 Å². The van der Waals surface area contributed by atoms with Gasteiger partial charge in [0.2, 0.25) is 5.88 Å². The van der Waals surface area contributed by atoms with Crippen LogP contribution in [-0.2, 0) is 9.53 Å². The van der Waals surface area contributed by atoms with E-state index in [4.69, 9.17) is 4.74 Å². The Morgan fingerprint density at radius 3 is 2.94 bits per heavy atom. The summed E-state index contributed by atoms with van der Waals surface area (Å²) in [6.45, 7) is 4.09. The Labute approximate surface area is 94.0 Å². The molecule has 6 nitrogen and oxygen atoms in total. The molecule has 0 aliphatic heterocycles. The number of rotatable bonds is 5. The van der Waals surface area contributed by atoms with Gasteiger partial charge in [-0.05, 0) is 13.8 Å². The third-order valence-corrected chi connectivity index (χ3v) is 1.85. The smallest absolute Gasteiger partial charge is 0.328 e. The van der Waals surface area contributed by atoms with E-state index >= 15 is 0 Å². The zero-order valence-corrected chi connectivity index (χ0v) is 9.56. The number of nitrogens with one attached hydrogen (secondary N) is 1. The van der Waals surface area contributed by atoms with E-state index in [2.05, 4.69) is 20.0 Å². The number of ether oxygens (including phenoxy) is 2. The number of anilines is 1. The number of hydrogen-bond donors (Lipinski definition) is 1. The number of hydrogen-bond acceptors (Lipinski definition) is 6. The first-order valence-electron chi connectivity index (χ1n) is 4.96. The van der Waals surface area contributed by atoms with Crippen molar-refractivity contribution in [3.63, 3.8) is 0 Å². The minimum absolute atomic E-state index is 0.350. The first-order valence-corrected chi connectivity index (χ1v) is 4.96. The van der Waals surface area contributed by atoms with E-state index in [1.54, 1.807) is 13.0 Å². The quantitative estimate of drug-likeness (QED) is 0.749. The lowest BCUT2D eigenvalue weighted by Gasteiger charge is -2.12. The van der Waals surface area contributed by atoms with Crippen LogP contribution in [0.3, 0.4) is 0 Å². The SMILES string of the molecule is CCOc1cc(NC(C)C(=O)OC)ncn1. The molecule has 1 unspecified atom stereocenters. The summed E-state index contributed by atoms with van der Waals surface area (Å²) in [5.74, 6) is 0.644. The Morgan fingerprint density at radius 1 is 1.56 bits per heavy atom. The lowest BCUT2D eigenvalue weighted by molar-refractivity contribution is -0.141. The van der Waals surface area contributed by atoms with Crippen molar-refractivity contribution in [1.29, 1.82) is 0 Å². The van der Waals surface area contributed by atoms with Crippen LogP contribution in [0, 0.1) is 0 Å². The maximum absolute atomic E-state index is 11.2. The van der Waals surface area contributed by atoms with Crippen molar-refractivity contribution in [2.75, 3.05) is 19.0 Å². The number of methoxy groups -OCH3 is 1. The second kappa shape index (κ2) is 5.89. The van der Waals surface area contributed by atoms with Gasteiger partial charge in [-0.2, -0.15) is 0 Å². The van der Waals surface area contributed by atoms with E-state index in [9.17, 15) is 4.79 Å². The molecule has 0 bridgehead atoms. The van der Waals surface area contributed by atoms with Crippen molar-refractivity contribution in [3.8, 4) is 5.88 Å². The maximum Gasteiger partial charge on any atom is 0.328 e. The van der Waals surface area contributed by atoms with E-state index in [1.165, 1.54) is 13.4 Å². The van der Waals surface area contributed by atoms with Crippen LogP contribution >= 0.6 is 0 Å². The lowest BCUT2D eigenvalue weighted by Crippen LogP contribution is -2.27. The highest BCUT2D eigenvalue weighted by Gasteiger charge is 2.13. The molecule has 0 spiro atoms. The average Bonchev–Trinajstić information content (AvgIpc) is 2.29. The van der Waals surface area contributed by atoms with E-state index < -0.39 is 6.04 Å². The largest absolute Gasteiger partial charge is 0.478 e. The second-order valence-corrected chi connectivity index (χ2v) is 3.06. The van der Waals surface area contributed by atoms with Crippen molar-refractivity contribution >= 4 is 11.8 Å². The molecule has 0 fully saturated rings. The van der Waals surface area contributed by atoms with Gasteiger partial charge in [0.1, 0.15) is 18.2 Å². The molecule has 0 saturated heterocycles. The minimum Gasteiger partial charge on any atom is -0.478 e. The summed E-state index contributed by atoms with van der Waals surface area (Å²) in [6.07, 6.45) is 1.37. The van der Waals surface area contributed by atoms with Crippen molar-refractivity contribution in [3.05, 3.63) is 12.4 Å². The minimum atomic E-state index is -0.464. The highest BCUT2D eigenvalue weighted by molar-refractivity contribution is 5.78. The Morgan fingerprint density at radius 2 is 2.31 bits per heavy atom. The molecule has 1 aromatic rings. The third-order valence-electron chi connectivity index (χ3n) is 1.85. The molecule has 1 atom stereocenters. The normalized spacial score (nSPS) is 11.7. The first kappa shape index (κ1) is 12.2. The zero-order chi connectivity index (χ0) is 12.0. The topological polar surface area (TPSA) is 73.3 Å². The van der Waals surface area contributed by atoms with E-state index in [0.29, 0.717) is 18.3 Å². The van der Waals surface area contributed by atoms with Crippen LogP contribution < -0.4 is 10.1 Å². The van der Waals surface area contributed by atoms with Gasteiger partial charge in [0.05, 0.1) is 13.7 Å². The highest BCUT2D eigenvalue weighted by atomic mass is 16.5. The van der Waals surface area contributed by atoms with E-state index in [0.717, 1.165) is 0 Å². The predicted molar refractivity (Wildman–Crippen MR) is 58.3 cm³/mol. The van der Waals surface area contributed by atoms with Gasteiger partial charge >= 0.3 is 5.97 Å². The maximum atomic E-state index is 11.2. The number of carbonyl (C=O) groups is 1. The summed E-state index contributed by atoms with van der Waals surface area (Å²) in [4.78, 5) is 19.0. The summed E-state index contributed by atoms with van der Waals surface area (Å²) >= 11 is 0. The second-order valence-electron chi connectivity index (χ2n) is 3.06. The fourth-order valence-electron chi connectivity index (χ4n) is 1.10. The van der Waals surface area contributed by atoms with Gasteiger partial charge in [-0.15, -0.1) is 0 Å². The summed E-state index contributed by atoms with van der Waals surface area (Å²) in [5.41, 5.74) is 0. The predicted octanol–water partition coefficient (Wildman–Crippen LogP) is 0.849. The van der Waals surface area contributed by atoms with Gasteiger partial charge in [0.15, 0.2) is 0 Å². The Bertz CT molecular complexity index is 357. The molecule has 1 heterocycles. The van der Waals surface area contributed by atoms with E-state index in [-0.39, 0.29) is 5.97 Å². The number of aromatic nitrogens is 2. The lowest BCUT2D eigenvalue weighted by atomic mass is 10.3. The summed E-state index contributed by atoms with van der Waals surface area (Å²) in [5, 5.41) is 2.89. The highest BCUT2D eigenvalue weighted by Crippen LogP contribution is 2.11. The van der Waals surface area contributed by atoms with Gasteiger partial charge in [-0.1, -0.05) is 0 Å². The molecular weight excluding hydrogens is 210 g/mol. The van der Waals surface area contributed by atoms with Gasteiger partial charge < -0.3 is 14.8 Å². The van der Waals surface area contributed by atoms with Crippen molar-refractivity contribution in [2.45, 2.75) is 19.9 Å². The molecule has 1 rings (SSSR count). The monoisotopic (exact) mass is 225 g/mol. The fourth-order valence-corrected chi connectivity index (χ4v) is 1.10. The van der Waals surface area contributed by atoms with Crippen LogP contribution in [-0.4, -0.2) is 35.7 Å². The fraction of sp³-hybridized carbons (Fsp3) is 0.500. The third kappa shape index (κ3) is 3.38. The van der Waals surface area contributed by atoms with Crippen molar-refractivity contribution < 1.29 is 14.3 Å². The zero-order valence-electron chi connectivity index (χ0n) is 9.56. The molecule has 1 aromatic heterocycles. The molecular formula is C10H15N3O3. The molecule has 6 heteroatoms. The molecule has 0 aliphatic rings. The number of esters is 1. The molecule has 0 amide bonds. The Kier molecular flexibility index (Phi) is 4.50. The molecule has 0 saturated carbocycles. The van der Waals surface area contributed by atoms with Gasteiger partial charge in [-0.3, -0.25) is 0 Å². The van der Waals surface area contributed by atoms with Crippen LogP contribution in [0.2, 0.25) is 0 Å². The van der Waals surface area contributed by atoms with E-state index in [1.807, 2.05) is 6.92 Å². The molecule has 16 heavy (non-hydrogen) atoms. The molecule has 88 valence electrons. The Balaban J connectivity index is 2.66. The summed E-state index contributed by atoms with van der Waals surface area (Å²) < 4.78 is 9.79. The molecule has 1 N–H and O–H groups in total. The molecule has 0 radical (unpaired) electrons. The summed E-state index contributed by atoms with van der Waals surface area (Å²) in [7, 11) is 1.34. The first-order chi connectivity index (χ1) is 7.67. The number of nitrogens with zero attached hydrogens (tertiary/aromatic N) is 2. The molecule has 0 aromatic carbocycles. The van der Waals surface area contributed by atoms with Gasteiger partial charge in [0.25, 0.3) is 0 Å². The van der Waals surface area contributed by atoms with Gasteiger partial charge in [-0.25, -0.2) is 14.8 Å². The number of carbonyl (C=O) groups excluding carboxylic acids is 1. The Hall–Kier alpha value is -1.85.